The number of aryl methyl sites for hydroxylation is 1. The van der Waals surface area contributed by atoms with Crippen molar-refractivity contribution in [2.75, 3.05) is 0 Å². The molecule has 0 fully saturated rings. The highest BCUT2D eigenvalue weighted by Gasteiger charge is 2.04. The molecule has 0 atom stereocenters. The maximum Gasteiger partial charge on any atom is 0.342 e. The first-order valence-corrected chi connectivity index (χ1v) is 5.43. The van der Waals surface area contributed by atoms with Crippen molar-refractivity contribution in [1.29, 1.82) is 0 Å². The molecule has 2 aromatic rings. The molecule has 0 bridgehead atoms. The second kappa shape index (κ2) is 3.55. The summed E-state index contributed by atoms with van der Waals surface area (Å²) < 4.78 is 1.94. The number of hydrogen-bond donors (Lipinski definition) is 2. The molecular formula is C8H9N3OS2. The van der Waals surface area contributed by atoms with E-state index in [1.165, 1.54) is 10.1 Å². The second-order valence-corrected chi connectivity index (χ2v) is 4.16. The van der Waals surface area contributed by atoms with Crippen molar-refractivity contribution in [3.63, 3.8) is 0 Å². The van der Waals surface area contributed by atoms with Crippen LogP contribution in [0.5, 0.6) is 0 Å². The van der Waals surface area contributed by atoms with Gasteiger partial charge in [0.15, 0.2) is 4.77 Å². The lowest BCUT2D eigenvalue weighted by Gasteiger charge is -1.98. The van der Waals surface area contributed by atoms with Gasteiger partial charge in [-0.25, -0.2) is 9.89 Å². The van der Waals surface area contributed by atoms with Crippen LogP contribution in [0.4, 0.5) is 0 Å². The van der Waals surface area contributed by atoms with Gasteiger partial charge in [0, 0.05) is 0 Å². The van der Waals surface area contributed by atoms with Gasteiger partial charge in [0.05, 0.1) is 6.54 Å². The maximum absolute atomic E-state index is 11.3. The van der Waals surface area contributed by atoms with Crippen molar-refractivity contribution in [2.45, 2.75) is 13.5 Å². The molecule has 74 valence electrons. The van der Waals surface area contributed by atoms with Gasteiger partial charge in [-0.2, -0.15) is 11.3 Å². The highest BCUT2D eigenvalue weighted by Crippen LogP contribution is 2.14. The van der Waals surface area contributed by atoms with Gasteiger partial charge >= 0.3 is 5.69 Å². The van der Waals surface area contributed by atoms with E-state index in [-0.39, 0.29) is 5.69 Å². The third-order valence-corrected chi connectivity index (χ3v) is 3.29. The molecule has 4 nitrogen and oxygen atoms in total. The van der Waals surface area contributed by atoms with Gasteiger partial charge in [0.2, 0.25) is 0 Å². The average molecular weight is 227 g/mol. The molecule has 2 heterocycles. The predicted molar refractivity (Wildman–Crippen MR) is 58.4 cm³/mol. The van der Waals surface area contributed by atoms with Gasteiger partial charge in [-0.15, -0.1) is 0 Å². The Balaban J connectivity index is 2.41. The van der Waals surface area contributed by atoms with Gasteiger partial charge in [-0.05, 0) is 41.0 Å². The first kappa shape index (κ1) is 9.42. The molecule has 14 heavy (non-hydrogen) atoms. The molecule has 2 rings (SSSR count). The number of rotatable bonds is 2. The fraction of sp³-hybridized carbons (Fsp3) is 0.250. The van der Waals surface area contributed by atoms with Crippen LogP contribution in [0.1, 0.15) is 11.1 Å². The van der Waals surface area contributed by atoms with Gasteiger partial charge in [-0.1, -0.05) is 0 Å². The van der Waals surface area contributed by atoms with Crippen molar-refractivity contribution in [3.05, 3.63) is 37.1 Å². The summed E-state index contributed by atoms with van der Waals surface area (Å²) in [6.45, 7) is 2.56. The smallest absolute Gasteiger partial charge is 0.272 e. The molecule has 2 aromatic heterocycles. The number of nitrogens with zero attached hydrogens (tertiary/aromatic N) is 1. The molecule has 0 amide bonds. The van der Waals surface area contributed by atoms with E-state index in [0.717, 1.165) is 5.56 Å². The van der Waals surface area contributed by atoms with Crippen LogP contribution in [0.15, 0.2) is 15.6 Å². The van der Waals surface area contributed by atoms with E-state index >= 15 is 0 Å². The molecule has 6 heteroatoms. The van der Waals surface area contributed by atoms with Crippen molar-refractivity contribution in [2.24, 2.45) is 0 Å². The Kier molecular flexibility index (Phi) is 2.39. The summed E-state index contributed by atoms with van der Waals surface area (Å²) in [6.07, 6.45) is 0. The van der Waals surface area contributed by atoms with Gasteiger partial charge in [0.1, 0.15) is 0 Å². The van der Waals surface area contributed by atoms with Gasteiger partial charge < -0.3 is 0 Å². The normalized spacial score (nSPS) is 10.6. The monoisotopic (exact) mass is 227 g/mol. The van der Waals surface area contributed by atoms with Crippen LogP contribution < -0.4 is 5.69 Å². The molecule has 0 aromatic carbocycles. The summed E-state index contributed by atoms with van der Waals surface area (Å²) in [5.41, 5.74) is 2.13. The van der Waals surface area contributed by atoms with Crippen LogP contribution in [-0.4, -0.2) is 14.8 Å². The Morgan fingerprint density at radius 3 is 2.79 bits per heavy atom. The summed E-state index contributed by atoms with van der Waals surface area (Å²) in [5.74, 6) is 0. The maximum atomic E-state index is 11.3. The van der Waals surface area contributed by atoms with E-state index < -0.39 is 0 Å². The molecule has 0 aliphatic heterocycles. The van der Waals surface area contributed by atoms with Crippen molar-refractivity contribution < 1.29 is 0 Å². The van der Waals surface area contributed by atoms with Crippen LogP contribution in [0.3, 0.4) is 0 Å². The molecular weight excluding hydrogens is 218 g/mol. The Morgan fingerprint density at radius 1 is 1.50 bits per heavy atom. The van der Waals surface area contributed by atoms with Crippen molar-refractivity contribution >= 4 is 23.6 Å². The quantitative estimate of drug-likeness (QED) is 0.766. The minimum Gasteiger partial charge on any atom is -0.272 e. The molecule has 0 radical (unpaired) electrons. The van der Waals surface area contributed by atoms with E-state index in [1.807, 2.05) is 12.3 Å². The van der Waals surface area contributed by atoms with Gasteiger partial charge in [-0.3, -0.25) is 9.67 Å². The SMILES string of the molecule is Cc1cscc1Cn1c(=O)[nH][nH]c1=S. The van der Waals surface area contributed by atoms with Crippen molar-refractivity contribution in [3.8, 4) is 0 Å². The van der Waals surface area contributed by atoms with Crippen LogP contribution in [-0.2, 0) is 6.54 Å². The Labute approximate surface area is 89.2 Å². The Morgan fingerprint density at radius 2 is 2.29 bits per heavy atom. The minimum atomic E-state index is -0.194. The molecule has 0 unspecified atom stereocenters. The zero-order valence-corrected chi connectivity index (χ0v) is 9.17. The van der Waals surface area contributed by atoms with Crippen LogP contribution >= 0.6 is 23.6 Å². The summed E-state index contributed by atoms with van der Waals surface area (Å²) in [5, 5.41) is 9.15. The summed E-state index contributed by atoms with van der Waals surface area (Å²) >= 11 is 6.60. The lowest BCUT2D eigenvalue weighted by Crippen LogP contribution is -2.17. The van der Waals surface area contributed by atoms with Crippen LogP contribution in [0, 0.1) is 11.7 Å². The molecule has 0 aliphatic carbocycles. The lowest BCUT2D eigenvalue weighted by molar-refractivity contribution is 0.750. The van der Waals surface area contributed by atoms with Crippen LogP contribution in [0.25, 0.3) is 0 Å². The predicted octanol–water partition coefficient (Wildman–Crippen LogP) is 1.65. The van der Waals surface area contributed by atoms with Crippen LogP contribution in [0.2, 0.25) is 0 Å². The summed E-state index contributed by atoms with van der Waals surface area (Å²) in [4.78, 5) is 11.3. The Hall–Kier alpha value is -1.14. The molecule has 2 N–H and O–H groups in total. The average Bonchev–Trinajstić information content (AvgIpc) is 2.67. The molecule has 0 saturated carbocycles. The third-order valence-electron chi connectivity index (χ3n) is 2.06. The van der Waals surface area contributed by atoms with E-state index in [2.05, 4.69) is 15.6 Å². The summed E-state index contributed by atoms with van der Waals surface area (Å²) in [7, 11) is 0. The fourth-order valence-corrected chi connectivity index (χ4v) is 2.24. The molecule has 0 saturated heterocycles. The Bertz CT molecular complexity index is 518. The lowest BCUT2D eigenvalue weighted by atomic mass is 10.2. The highest BCUT2D eigenvalue weighted by molar-refractivity contribution is 7.71. The number of thiophene rings is 1. The molecule has 0 aliphatic rings. The largest absolute Gasteiger partial charge is 0.342 e. The number of nitrogens with one attached hydrogen (secondary N) is 2. The number of aromatic nitrogens is 3. The van der Waals surface area contributed by atoms with E-state index in [4.69, 9.17) is 12.2 Å². The van der Waals surface area contributed by atoms with E-state index in [1.54, 1.807) is 11.3 Å². The second-order valence-electron chi connectivity index (χ2n) is 3.03. The van der Waals surface area contributed by atoms with E-state index in [9.17, 15) is 4.79 Å². The zero-order chi connectivity index (χ0) is 10.1. The standard InChI is InChI=1S/C8H9N3OS2/c1-5-3-14-4-6(5)2-11-7(12)9-10-8(11)13/h3-4H,2H2,1H3,(H,9,12)(H,10,13). The summed E-state index contributed by atoms with van der Waals surface area (Å²) in [6, 6.07) is 0. The first-order valence-electron chi connectivity index (χ1n) is 4.07. The number of hydrogen-bond acceptors (Lipinski definition) is 3. The highest BCUT2D eigenvalue weighted by atomic mass is 32.1. The fourth-order valence-electron chi connectivity index (χ4n) is 1.20. The van der Waals surface area contributed by atoms with Crippen molar-refractivity contribution in [1.82, 2.24) is 14.8 Å². The molecule has 0 spiro atoms. The minimum absolute atomic E-state index is 0.194. The van der Waals surface area contributed by atoms with E-state index in [0.29, 0.717) is 11.3 Å². The topological polar surface area (TPSA) is 53.6 Å². The third kappa shape index (κ3) is 1.58. The number of aromatic amines is 2. The zero-order valence-electron chi connectivity index (χ0n) is 7.53. The van der Waals surface area contributed by atoms with Gasteiger partial charge in [0.25, 0.3) is 0 Å². The first-order chi connectivity index (χ1) is 6.68. The number of H-pyrrole nitrogens is 2.